The van der Waals surface area contributed by atoms with Gasteiger partial charge in [-0.05, 0) is 37.5 Å². The molecule has 0 unspecified atom stereocenters. The third-order valence-electron chi connectivity index (χ3n) is 3.43. The average Bonchev–Trinajstić information content (AvgIpc) is 3.27. The van der Waals surface area contributed by atoms with Crippen LogP contribution in [-0.2, 0) is 6.42 Å². The molecule has 0 radical (unpaired) electrons. The summed E-state index contributed by atoms with van der Waals surface area (Å²) < 4.78 is 7.74. The number of hydrogen-bond donors (Lipinski definition) is 2. The quantitative estimate of drug-likeness (QED) is 0.657. The molecule has 1 amide bonds. The van der Waals surface area contributed by atoms with E-state index in [1.54, 1.807) is 6.07 Å². The van der Waals surface area contributed by atoms with Crippen LogP contribution in [0.2, 0.25) is 0 Å². The second kappa shape index (κ2) is 7.10. The normalized spacial score (nSPS) is 11.1. The summed E-state index contributed by atoms with van der Waals surface area (Å²) in [6.07, 6.45) is 0.576. The number of H-pyrrole nitrogens is 1. The van der Waals surface area contributed by atoms with Crippen molar-refractivity contribution in [3.63, 3.8) is 0 Å². The van der Waals surface area contributed by atoms with Gasteiger partial charge >= 0.3 is 0 Å². The highest BCUT2D eigenvalue weighted by atomic mass is 32.1. The highest BCUT2D eigenvalue weighted by Crippen LogP contribution is 2.25. The molecular formula is C15H17N5O2S2. The summed E-state index contributed by atoms with van der Waals surface area (Å²) in [5, 5.41) is 15.6. The molecule has 0 aromatic carbocycles. The first-order valence-corrected chi connectivity index (χ1v) is 8.79. The predicted octanol–water partition coefficient (Wildman–Crippen LogP) is 3.21. The van der Waals surface area contributed by atoms with Gasteiger partial charge in [-0.3, -0.25) is 9.89 Å². The summed E-state index contributed by atoms with van der Waals surface area (Å²) >= 11 is 6.74. The van der Waals surface area contributed by atoms with Gasteiger partial charge in [-0.2, -0.15) is 5.10 Å². The monoisotopic (exact) mass is 363 g/mol. The van der Waals surface area contributed by atoms with Crippen molar-refractivity contribution >= 4 is 29.5 Å². The summed E-state index contributed by atoms with van der Waals surface area (Å²) in [6, 6.07) is 5.70. The van der Waals surface area contributed by atoms with E-state index in [0.717, 1.165) is 10.7 Å². The highest BCUT2D eigenvalue weighted by molar-refractivity contribution is 7.71. The van der Waals surface area contributed by atoms with E-state index >= 15 is 0 Å². The molecule has 3 aromatic heterocycles. The van der Waals surface area contributed by atoms with E-state index in [1.165, 1.54) is 11.3 Å². The van der Waals surface area contributed by atoms with E-state index in [4.69, 9.17) is 16.7 Å². The Labute approximate surface area is 147 Å². The summed E-state index contributed by atoms with van der Waals surface area (Å²) in [4.78, 5) is 13.1. The predicted molar refractivity (Wildman–Crippen MR) is 93.6 cm³/mol. The first-order chi connectivity index (χ1) is 11.6. The number of nitrogens with one attached hydrogen (secondary N) is 2. The first kappa shape index (κ1) is 16.6. The molecule has 0 saturated carbocycles. The maximum atomic E-state index is 12.2. The maximum Gasteiger partial charge on any atom is 0.273 e. The average molecular weight is 363 g/mol. The van der Waals surface area contributed by atoms with Gasteiger partial charge in [0.05, 0.1) is 4.88 Å². The lowest BCUT2D eigenvalue weighted by Crippen LogP contribution is -2.26. The number of aromatic nitrogens is 4. The zero-order valence-corrected chi connectivity index (χ0v) is 14.9. The van der Waals surface area contributed by atoms with Crippen LogP contribution in [-0.4, -0.2) is 32.4 Å². The molecule has 0 aliphatic carbocycles. The Kier molecular flexibility index (Phi) is 4.91. The Bertz CT molecular complexity index is 876. The number of carbonyl (C=O) groups is 1. The second-order valence-corrected chi connectivity index (χ2v) is 6.80. The largest absolute Gasteiger partial charge is 0.355 e. The molecule has 3 rings (SSSR count). The third-order valence-corrected chi connectivity index (χ3v) is 4.61. The SMILES string of the molecule is CC(C)n1c(CCNC(=O)c2cc(-c3cccs3)on2)n[nH]c1=S. The van der Waals surface area contributed by atoms with Crippen molar-refractivity contribution in [3.8, 4) is 10.6 Å². The minimum absolute atomic E-state index is 0.214. The van der Waals surface area contributed by atoms with E-state index < -0.39 is 0 Å². The van der Waals surface area contributed by atoms with E-state index in [-0.39, 0.29) is 17.6 Å². The molecule has 0 fully saturated rings. The molecule has 24 heavy (non-hydrogen) atoms. The molecule has 0 bridgehead atoms. The Hall–Kier alpha value is -2.26. The molecule has 9 heteroatoms. The van der Waals surface area contributed by atoms with Crippen molar-refractivity contribution in [1.82, 2.24) is 25.2 Å². The summed E-state index contributed by atoms with van der Waals surface area (Å²) in [7, 11) is 0. The van der Waals surface area contributed by atoms with Gasteiger partial charge in [-0.25, -0.2) is 0 Å². The highest BCUT2D eigenvalue weighted by Gasteiger charge is 2.15. The van der Waals surface area contributed by atoms with E-state index in [1.807, 2.05) is 35.9 Å². The summed E-state index contributed by atoms with van der Waals surface area (Å²) in [5.74, 6) is 1.14. The molecular weight excluding hydrogens is 346 g/mol. The smallest absolute Gasteiger partial charge is 0.273 e. The summed E-state index contributed by atoms with van der Waals surface area (Å²) in [5.41, 5.74) is 0.265. The van der Waals surface area contributed by atoms with Crippen molar-refractivity contribution in [2.75, 3.05) is 6.54 Å². The van der Waals surface area contributed by atoms with Gasteiger partial charge < -0.3 is 14.4 Å². The van der Waals surface area contributed by atoms with Gasteiger partial charge in [0.1, 0.15) is 5.82 Å². The van der Waals surface area contributed by atoms with Crippen LogP contribution < -0.4 is 5.32 Å². The first-order valence-electron chi connectivity index (χ1n) is 7.51. The van der Waals surface area contributed by atoms with Gasteiger partial charge in [-0.15, -0.1) is 11.3 Å². The Balaban J connectivity index is 1.59. The number of aromatic amines is 1. The zero-order valence-electron chi connectivity index (χ0n) is 13.3. The molecule has 7 nitrogen and oxygen atoms in total. The number of rotatable bonds is 6. The lowest BCUT2D eigenvalue weighted by molar-refractivity contribution is 0.0945. The molecule has 126 valence electrons. The van der Waals surface area contributed by atoms with Crippen LogP contribution in [0.1, 0.15) is 36.2 Å². The van der Waals surface area contributed by atoms with Gasteiger partial charge in [-0.1, -0.05) is 11.2 Å². The van der Waals surface area contributed by atoms with Crippen LogP contribution in [0.5, 0.6) is 0 Å². The number of nitrogens with zero attached hydrogens (tertiary/aromatic N) is 3. The van der Waals surface area contributed by atoms with Crippen molar-refractivity contribution in [1.29, 1.82) is 0 Å². The van der Waals surface area contributed by atoms with Crippen LogP contribution in [0.25, 0.3) is 10.6 Å². The lowest BCUT2D eigenvalue weighted by Gasteiger charge is -2.10. The van der Waals surface area contributed by atoms with E-state index in [0.29, 0.717) is 23.5 Å². The van der Waals surface area contributed by atoms with Crippen LogP contribution in [0, 0.1) is 4.77 Å². The topological polar surface area (TPSA) is 88.7 Å². The lowest BCUT2D eigenvalue weighted by atomic mass is 10.3. The minimum Gasteiger partial charge on any atom is -0.355 e. The molecule has 2 N–H and O–H groups in total. The van der Waals surface area contributed by atoms with Crippen molar-refractivity contribution in [2.24, 2.45) is 0 Å². The molecule has 0 aliphatic heterocycles. The fourth-order valence-electron chi connectivity index (χ4n) is 2.34. The van der Waals surface area contributed by atoms with E-state index in [2.05, 4.69) is 20.7 Å². The Morgan fingerprint density at radius 3 is 3.08 bits per heavy atom. The van der Waals surface area contributed by atoms with Crippen LogP contribution in [0.4, 0.5) is 0 Å². The standard InChI is InChI=1S/C15H17N5O2S2/c1-9(2)20-13(17-18-15(20)23)5-6-16-14(21)10-8-11(22-19-10)12-4-3-7-24-12/h3-4,7-9H,5-6H2,1-2H3,(H,16,21)(H,18,23). The zero-order chi connectivity index (χ0) is 17.1. The Morgan fingerprint density at radius 2 is 2.38 bits per heavy atom. The molecule has 3 aromatic rings. The third kappa shape index (κ3) is 3.46. The van der Waals surface area contributed by atoms with Crippen LogP contribution in [0.15, 0.2) is 28.1 Å². The number of hydrogen-bond acceptors (Lipinski definition) is 6. The van der Waals surface area contributed by atoms with Gasteiger partial charge in [0, 0.05) is 25.1 Å². The maximum absolute atomic E-state index is 12.2. The summed E-state index contributed by atoms with van der Waals surface area (Å²) in [6.45, 7) is 4.51. The molecule has 3 heterocycles. The van der Waals surface area contributed by atoms with Crippen LogP contribution in [0.3, 0.4) is 0 Å². The molecule has 0 saturated heterocycles. The number of carbonyl (C=O) groups excluding carboxylic acids is 1. The second-order valence-electron chi connectivity index (χ2n) is 5.47. The van der Waals surface area contributed by atoms with Gasteiger partial charge in [0.25, 0.3) is 5.91 Å². The van der Waals surface area contributed by atoms with Crippen LogP contribution >= 0.6 is 23.6 Å². The van der Waals surface area contributed by atoms with Crippen molar-refractivity contribution in [2.45, 2.75) is 26.3 Å². The minimum atomic E-state index is -0.271. The number of thiophene rings is 1. The Morgan fingerprint density at radius 1 is 1.54 bits per heavy atom. The van der Waals surface area contributed by atoms with Gasteiger partial charge in [0.15, 0.2) is 16.2 Å². The molecule has 0 aliphatic rings. The fraction of sp³-hybridized carbons (Fsp3) is 0.333. The fourth-order valence-corrected chi connectivity index (χ4v) is 3.38. The van der Waals surface area contributed by atoms with Crippen molar-refractivity contribution < 1.29 is 9.32 Å². The van der Waals surface area contributed by atoms with Crippen molar-refractivity contribution in [3.05, 3.63) is 39.9 Å². The molecule has 0 atom stereocenters. The molecule has 0 spiro atoms. The van der Waals surface area contributed by atoms with Gasteiger partial charge in [0.2, 0.25) is 0 Å². The van der Waals surface area contributed by atoms with E-state index in [9.17, 15) is 4.79 Å². The number of amides is 1.